The van der Waals surface area contributed by atoms with Crippen LogP contribution in [0.15, 0.2) is 48.6 Å². The lowest BCUT2D eigenvalue weighted by molar-refractivity contribution is -0.870. The van der Waals surface area contributed by atoms with Gasteiger partial charge in [-0.25, -0.2) is 0 Å². The molecule has 0 radical (unpaired) electrons. The number of esters is 2. The van der Waals surface area contributed by atoms with Crippen molar-refractivity contribution in [2.75, 3.05) is 47.5 Å². The van der Waals surface area contributed by atoms with Crippen LogP contribution in [0.5, 0.6) is 0 Å². The van der Waals surface area contributed by atoms with Gasteiger partial charge >= 0.3 is 11.9 Å². The molecule has 0 aromatic rings. The average molecular weight is 1040 g/mol. The second kappa shape index (κ2) is 56.5. The number of carboxylic acids is 1. The smallest absolute Gasteiger partial charge is 0.306 e. The predicted octanol–water partition coefficient (Wildman–Crippen LogP) is 17.3. The first kappa shape index (κ1) is 71.2. The molecule has 0 amide bonds. The number of ether oxygens (including phenoxy) is 4. The SMILES string of the molecule is CC/C=C\C/C=C\C/C=C\C/C=C\CCCCCCCCCCCCCCCCCCCCCCCCCCC(=O)OC(COC(=O)CCCCCCCCCCCCCC)COC(OCC[N+](C)(C)C)C(=O)[O-]. The lowest BCUT2D eigenvalue weighted by Gasteiger charge is -2.26. The average Bonchev–Trinajstić information content (AvgIpc) is 3.37. The molecule has 0 aliphatic rings. The van der Waals surface area contributed by atoms with E-state index in [1.54, 1.807) is 0 Å². The van der Waals surface area contributed by atoms with Crippen molar-refractivity contribution in [1.82, 2.24) is 0 Å². The second-order valence-corrected chi connectivity index (χ2v) is 22.3. The summed E-state index contributed by atoms with van der Waals surface area (Å²) in [4.78, 5) is 37.2. The Morgan fingerprint density at radius 3 is 1.15 bits per heavy atom. The van der Waals surface area contributed by atoms with Crippen molar-refractivity contribution in [2.24, 2.45) is 0 Å². The van der Waals surface area contributed by atoms with Gasteiger partial charge in [0.05, 0.1) is 40.3 Å². The van der Waals surface area contributed by atoms with E-state index in [-0.39, 0.29) is 32.2 Å². The van der Waals surface area contributed by atoms with Crippen molar-refractivity contribution in [1.29, 1.82) is 0 Å². The molecule has 0 spiro atoms. The highest BCUT2D eigenvalue weighted by atomic mass is 16.7. The molecule has 74 heavy (non-hydrogen) atoms. The predicted molar refractivity (Wildman–Crippen MR) is 311 cm³/mol. The van der Waals surface area contributed by atoms with Crippen LogP contribution in [0.3, 0.4) is 0 Å². The van der Waals surface area contributed by atoms with Gasteiger partial charge in [-0.05, 0) is 51.4 Å². The van der Waals surface area contributed by atoms with Crippen molar-refractivity contribution in [2.45, 2.75) is 302 Å². The molecule has 9 nitrogen and oxygen atoms in total. The van der Waals surface area contributed by atoms with Crippen molar-refractivity contribution < 1.29 is 42.9 Å². The summed E-state index contributed by atoms with van der Waals surface area (Å²) in [7, 11) is 5.93. The van der Waals surface area contributed by atoms with E-state index in [2.05, 4.69) is 62.5 Å². The molecule has 0 aromatic heterocycles. The van der Waals surface area contributed by atoms with Crippen LogP contribution in [0.25, 0.3) is 0 Å². The molecular weight excluding hydrogens is 923 g/mol. The molecule has 0 fully saturated rings. The van der Waals surface area contributed by atoms with Gasteiger partial charge in [-0.2, -0.15) is 0 Å². The second-order valence-electron chi connectivity index (χ2n) is 22.3. The number of rotatable bonds is 58. The third kappa shape index (κ3) is 57.0. The number of carbonyl (C=O) groups is 3. The highest BCUT2D eigenvalue weighted by Crippen LogP contribution is 2.18. The van der Waals surface area contributed by atoms with E-state index < -0.39 is 24.3 Å². The number of likely N-dealkylation sites (N-methyl/N-ethyl adjacent to an activating group) is 1. The minimum absolute atomic E-state index is 0.151. The highest BCUT2D eigenvalue weighted by Gasteiger charge is 2.22. The summed E-state index contributed by atoms with van der Waals surface area (Å²) in [5.41, 5.74) is 0. The normalized spacial score (nSPS) is 13.0. The maximum absolute atomic E-state index is 12.9. The van der Waals surface area contributed by atoms with Crippen LogP contribution in [-0.2, 0) is 33.3 Å². The molecule has 0 aliphatic carbocycles. The molecule has 432 valence electrons. The molecule has 0 bridgehead atoms. The standard InChI is InChI=1S/C65H119NO8/c1-6-8-10-12-14-16-18-20-21-22-23-24-25-26-27-28-29-30-31-32-33-34-35-36-37-38-39-40-41-42-43-44-46-48-50-52-54-56-63(68)74-61(60-73-65(64(69)70)71-58-57-66(3,4)5)59-72-62(67)55-53-51-49-47-45-19-17-15-13-11-9-7-2/h8,10,14,16,20-21,23-24,61,65H,6-7,9,11-13,15,17-19,22,25-60H2,1-5H3/b10-8-,16-14-,21-20-,24-23-. The van der Waals surface area contributed by atoms with Crippen molar-refractivity contribution in [3.05, 3.63) is 48.6 Å². The van der Waals surface area contributed by atoms with Crippen LogP contribution < -0.4 is 5.11 Å². The number of allylic oxidation sites excluding steroid dienone is 8. The summed E-state index contributed by atoms with van der Waals surface area (Å²) >= 11 is 0. The summed E-state index contributed by atoms with van der Waals surface area (Å²) in [5.74, 6) is -2.26. The number of carboxylic acid groups (broad SMARTS) is 1. The first-order valence-electron chi connectivity index (χ1n) is 31.3. The van der Waals surface area contributed by atoms with E-state index in [0.29, 0.717) is 17.4 Å². The van der Waals surface area contributed by atoms with E-state index in [9.17, 15) is 19.5 Å². The van der Waals surface area contributed by atoms with E-state index in [1.807, 2.05) is 21.1 Å². The van der Waals surface area contributed by atoms with E-state index >= 15 is 0 Å². The lowest BCUT2D eigenvalue weighted by Crippen LogP contribution is -2.44. The zero-order valence-electron chi connectivity index (χ0n) is 49.2. The Hall–Kier alpha value is -2.75. The van der Waals surface area contributed by atoms with Crippen molar-refractivity contribution in [3.63, 3.8) is 0 Å². The topological polar surface area (TPSA) is 111 Å². The number of nitrogens with zero attached hydrogens (tertiary/aromatic N) is 1. The Morgan fingerprint density at radius 1 is 0.419 bits per heavy atom. The maximum atomic E-state index is 12.9. The molecule has 0 aliphatic heterocycles. The van der Waals surface area contributed by atoms with Gasteiger partial charge in [0, 0.05) is 12.8 Å². The summed E-state index contributed by atoms with van der Waals surface area (Å²) in [6.45, 7) is 4.66. The molecule has 2 unspecified atom stereocenters. The first-order valence-corrected chi connectivity index (χ1v) is 31.3. The zero-order valence-corrected chi connectivity index (χ0v) is 49.2. The van der Waals surface area contributed by atoms with Crippen LogP contribution in [0.2, 0.25) is 0 Å². The Morgan fingerprint density at radius 2 is 0.770 bits per heavy atom. The molecule has 0 rings (SSSR count). The van der Waals surface area contributed by atoms with Crippen molar-refractivity contribution in [3.8, 4) is 0 Å². The monoisotopic (exact) mass is 1040 g/mol. The molecule has 0 aromatic carbocycles. The summed E-state index contributed by atoms with van der Waals surface area (Å²) < 4.78 is 22.7. The minimum Gasteiger partial charge on any atom is -0.545 e. The van der Waals surface area contributed by atoms with Gasteiger partial charge in [0.15, 0.2) is 12.4 Å². The molecule has 9 heteroatoms. The Labute approximate surface area is 457 Å². The number of hydrogen-bond donors (Lipinski definition) is 0. The van der Waals surface area contributed by atoms with E-state index in [4.69, 9.17) is 18.9 Å². The lowest BCUT2D eigenvalue weighted by atomic mass is 10.0. The Kier molecular flexibility index (Phi) is 54.4. The van der Waals surface area contributed by atoms with E-state index in [0.717, 1.165) is 64.2 Å². The van der Waals surface area contributed by atoms with Crippen molar-refractivity contribution >= 4 is 17.9 Å². The molecule has 0 heterocycles. The number of carbonyl (C=O) groups excluding carboxylic acids is 3. The van der Waals surface area contributed by atoms with Gasteiger partial charge in [-0.15, -0.1) is 0 Å². The summed E-state index contributed by atoms with van der Waals surface area (Å²) in [6.07, 6.45) is 67.7. The maximum Gasteiger partial charge on any atom is 0.306 e. The van der Waals surface area contributed by atoms with Crippen LogP contribution in [0, 0.1) is 0 Å². The molecule has 0 saturated carbocycles. The fraction of sp³-hybridized carbons (Fsp3) is 0.831. The molecule has 0 N–H and O–H groups in total. The summed E-state index contributed by atoms with van der Waals surface area (Å²) in [6, 6.07) is 0. The van der Waals surface area contributed by atoms with Gasteiger partial charge in [-0.1, -0.05) is 274 Å². The van der Waals surface area contributed by atoms with Crippen LogP contribution in [0.4, 0.5) is 0 Å². The number of quaternary nitrogens is 1. The molecule has 0 saturated heterocycles. The van der Waals surface area contributed by atoms with Gasteiger partial charge < -0.3 is 33.3 Å². The quantitative estimate of drug-likeness (QED) is 0.0195. The number of hydrogen-bond acceptors (Lipinski definition) is 8. The third-order valence-corrected chi connectivity index (χ3v) is 13.8. The number of unbranched alkanes of at least 4 members (excludes halogenated alkanes) is 35. The van der Waals surface area contributed by atoms with Crippen LogP contribution >= 0.6 is 0 Å². The van der Waals surface area contributed by atoms with Gasteiger partial charge in [0.1, 0.15) is 13.2 Å². The van der Waals surface area contributed by atoms with E-state index in [1.165, 1.54) is 199 Å². The van der Waals surface area contributed by atoms with Gasteiger partial charge in [-0.3, -0.25) is 9.59 Å². The van der Waals surface area contributed by atoms with Gasteiger partial charge in [0.2, 0.25) is 0 Å². The Bertz CT molecular complexity index is 1350. The number of aliphatic carboxylic acids is 1. The fourth-order valence-corrected chi connectivity index (χ4v) is 9.06. The first-order chi connectivity index (χ1) is 36.1. The molecular formula is C65H119NO8. The third-order valence-electron chi connectivity index (χ3n) is 13.8. The fourth-order valence-electron chi connectivity index (χ4n) is 9.06. The Balaban J connectivity index is 3.95. The highest BCUT2D eigenvalue weighted by molar-refractivity contribution is 5.70. The van der Waals surface area contributed by atoms with Crippen LogP contribution in [-0.4, -0.2) is 82.3 Å². The molecule has 2 atom stereocenters. The summed E-state index contributed by atoms with van der Waals surface area (Å²) in [5, 5.41) is 11.8. The zero-order chi connectivity index (χ0) is 54.1. The minimum atomic E-state index is -1.62. The van der Waals surface area contributed by atoms with Gasteiger partial charge in [0.25, 0.3) is 0 Å². The largest absolute Gasteiger partial charge is 0.545 e. The van der Waals surface area contributed by atoms with Crippen LogP contribution in [0.1, 0.15) is 290 Å².